The van der Waals surface area contributed by atoms with Gasteiger partial charge in [-0.25, -0.2) is 9.97 Å². The molecule has 2 fully saturated rings. The van der Waals surface area contributed by atoms with E-state index in [-0.39, 0.29) is 41.1 Å². The van der Waals surface area contributed by atoms with E-state index in [2.05, 4.69) is 14.9 Å². The Morgan fingerprint density at radius 1 is 1.05 bits per heavy atom. The molecule has 204 valence electrons. The van der Waals surface area contributed by atoms with Gasteiger partial charge in [0.2, 0.25) is 5.89 Å². The van der Waals surface area contributed by atoms with Gasteiger partial charge in [-0.3, -0.25) is 9.69 Å². The Hall–Kier alpha value is -3.18. The number of aromatic nitrogens is 2. The summed E-state index contributed by atoms with van der Waals surface area (Å²) in [6, 6.07) is 5.93. The quantitative estimate of drug-likeness (QED) is 0.470. The maximum Gasteiger partial charge on any atom is 0.433 e. The summed E-state index contributed by atoms with van der Waals surface area (Å²) in [5.41, 5.74) is 5.42. The van der Waals surface area contributed by atoms with Gasteiger partial charge in [-0.1, -0.05) is 25.7 Å². The summed E-state index contributed by atoms with van der Waals surface area (Å²) in [6.45, 7) is 2.78. The smallest absolute Gasteiger partial charge is 0.433 e. The molecule has 1 aliphatic heterocycles. The fourth-order valence-electron chi connectivity index (χ4n) is 5.54. The number of nitrogens with zero attached hydrogens (tertiary/aromatic N) is 4. The van der Waals surface area contributed by atoms with Crippen LogP contribution in [0, 0.1) is 0 Å². The van der Waals surface area contributed by atoms with Crippen LogP contribution in [0.25, 0.3) is 22.4 Å². The molecule has 5 rings (SSSR count). The van der Waals surface area contributed by atoms with Crippen molar-refractivity contribution in [2.45, 2.75) is 57.3 Å². The van der Waals surface area contributed by atoms with Crippen LogP contribution >= 0.6 is 0 Å². The summed E-state index contributed by atoms with van der Waals surface area (Å²) in [5.74, 6) is 0.264. The Morgan fingerprint density at radius 3 is 2.39 bits per heavy atom. The van der Waals surface area contributed by atoms with Gasteiger partial charge in [-0.15, -0.1) is 0 Å². The highest BCUT2D eigenvalue weighted by Crippen LogP contribution is 2.37. The van der Waals surface area contributed by atoms with Crippen LogP contribution in [0.15, 0.2) is 28.7 Å². The number of rotatable bonds is 5. The van der Waals surface area contributed by atoms with Crippen LogP contribution in [0.5, 0.6) is 5.75 Å². The van der Waals surface area contributed by atoms with E-state index in [0.717, 1.165) is 19.2 Å². The Kier molecular flexibility index (Phi) is 7.58. The first-order valence-electron chi connectivity index (χ1n) is 13.1. The Bertz CT molecular complexity index is 1290. The predicted octanol–water partition coefficient (Wildman–Crippen LogP) is 4.86. The number of fused-ring (bicyclic) bond motifs is 1. The van der Waals surface area contributed by atoms with Crippen molar-refractivity contribution in [1.82, 2.24) is 19.8 Å². The topological polar surface area (TPSA) is 97.7 Å². The molecule has 0 bridgehead atoms. The highest BCUT2D eigenvalue weighted by atomic mass is 19.4. The van der Waals surface area contributed by atoms with Gasteiger partial charge in [0.25, 0.3) is 5.91 Å². The molecule has 8 nitrogen and oxygen atoms in total. The molecular weight excluding hydrogens is 499 g/mol. The van der Waals surface area contributed by atoms with Crippen molar-refractivity contribution in [2.75, 3.05) is 33.3 Å². The van der Waals surface area contributed by atoms with E-state index in [1.165, 1.54) is 57.8 Å². The Morgan fingerprint density at radius 2 is 1.76 bits per heavy atom. The molecule has 0 spiro atoms. The van der Waals surface area contributed by atoms with Crippen molar-refractivity contribution < 1.29 is 27.1 Å². The SMILES string of the molecule is COc1ccc(-c2nc(C(=O)N3CCN(C4CCCCCC4)CC3)c(CN)o2)c2ccc(C(F)(F)F)nc12. The standard InChI is InChI=1S/C27H32F3N5O3/c1-37-20-10-8-19(18-9-11-22(27(28,29)30)32-23(18)20)25-33-24(21(16-31)38-25)26(36)35-14-12-34(13-15-35)17-6-4-2-3-5-7-17/h8-11,17H,2-7,12-16,31H2,1H3. The number of hydrogen-bond donors (Lipinski definition) is 1. The van der Waals surface area contributed by atoms with E-state index in [9.17, 15) is 18.0 Å². The molecule has 0 unspecified atom stereocenters. The van der Waals surface area contributed by atoms with E-state index < -0.39 is 11.9 Å². The zero-order valence-electron chi connectivity index (χ0n) is 21.4. The van der Waals surface area contributed by atoms with Gasteiger partial charge < -0.3 is 19.8 Å². The monoisotopic (exact) mass is 531 g/mol. The largest absolute Gasteiger partial charge is 0.494 e. The molecule has 0 atom stereocenters. The number of amides is 1. The fraction of sp³-hybridized carbons (Fsp3) is 0.519. The molecule has 2 aliphatic rings. The van der Waals surface area contributed by atoms with Crippen molar-refractivity contribution in [3.05, 3.63) is 41.4 Å². The van der Waals surface area contributed by atoms with Crippen LogP contribution in [-0.2, 0) is 12.7 Å². The van der Waals surface area contributed by atoms with Crippen molar-refractivity contribution in [1.29, 1.82) is 0 Å². The first kappa shape index (κ1) is 26.4. The number of nitrogens with two attached hydrogens (primary N) is 1. The molecule has 3 heterocycles. The second-order valence-electron chi connectivity index (χ2n) is 9.87. The number of methoxy groups -OCH3 is 1. The third kappa shape index (κ3) is 5.22. The number of oxazole rings is 1. The molecule has 11 heteroatoms. The lowest BCUT2D eigenvalue weighted by Gasteiger charge is -2.39. The van der Waals surface area contributed by atoms with E-state index in [0.29, 0.717) is 30.1 Å². The van der Waals surface area contributed by atoms with Crippen LogP contribution in [0.4, 0.5) is 13.2 Å². The molecular formula is C27H32F3N5O3. The number of carbonyl (C=O) groups is 1. The summed E-state index contributed by atoms with van der Waals surface area (Å²) in [5, 5.41) is 0.359. The highest BCUT2D eigenvalue weighted by Gasteiger charge is 2.34. The second kappa shape index (κ2) is 10.9. The van der Waals surface area contributed by atoms with Gasteiger partial charge in [0.1, 0.15) is 17.0 Å². The summed E-state index contributed by atoms with van der Waals surface area (Å²) >= 11 is 0. The lowest BCUT2D eigenvalue weighted by Crippen LogP contribution is -2.52. The number of piperazine rings is 1. The lowest BCUT2D eigenvalue weighted by molar-refractivity contribution is -0.140. The number of carbonyl (C=O) groups excluding carboxylic acids is 1. The van der Waals surface area contributed by atoms with E-state index in [1.807, 2.05) is 0 Å². The number of pyridine rings is 1. The van der Waals surface area contributed by atoms with Crippen LogP contribution in [0.1, 0.15) is 60.5 Å². The molecule has 3 aromatic rings. The maximum absolute atomic E-state index is 13.5. The van der Waals surface area contributed by atoms with E-state index >= 15 is 0 Å². The number of benzene rings is 1. The molecule has 2 aromatic heterocycles. The summed E-state index contributed by atoms with van der Waals surface area (Å²) < 4.78 is 51.0. The normalized spacial score (nSPS) is 18.1. The fourth-order valence-corrected chi connectivity index (χ4v) is 5.54. The second-order valence-corrected chi connectivity index (χ2v) is 9.87. The maximum atomic E-state index is 13.5. The molecule has 38 heavy (non-hydrogen) atoms. The van der Waals surface area contributed by atoms with Gasteiger partial charge in [0, 0.05) is 43.2 Å². The molecule has 2 N–H and O–H groups in total. The van der Waals surface area contributed by atoms with Crippen molar-refractivity contribution in [2.24, 2.45) is 5.73 Å². The van der Waals surface area contributed by atoms with Gasteiger partial charge in [-0.05, 0) is 37.1 Å². The first-order valence-corrected chi connectivity index (χ1v) is 13.1. The number of alkyl halides is 3. The van der Waals surface area contributed by atoms with Gasteiger partial charge in [0.15, 0.2) is 11.5 Å². The minimum Gasteiger partial charge on any atom is -0.494 e. The third-order valence-electron chi connectivity index (χ3n) is 7.59. The molecule has 1 saturated heterocycles. The van der Waals surface area contributed by atoms with Gasteiger partial charge in [-0.2, -0.15) is 13.2 Å². The summed E-state index contributed by atoms with van der Waals surface area (Å²) in [4.78, 5) is 26.0. The molecule has 0 radical (unpaired) electrons. The average molecular weight is 532 g/mol. The number of ether oxygens (including phenoxy) is 1. The van der Waals surface area contributed by atoms with Crippen LogP contribution in [0.2, 0.25) is 0 Å². The predicted molar refractivity (Wildman–Crippen MR) is 136 cm³/mol. The van der Waals surface area contributed by atoms with E-state index in [4.69, 9.17) is 14.9 Å². The number of halogens is 3. The third-order valence-corrected chi connectivity index (χ3v) is 7.59. The van der Waals surface area contributed by atoms with Crippen LogP contribution in [-0.4, -0.2) is 65.0 Å². The highest BCUT2D eigenvalue weighted by molar-refractivity contribution is 5.98. The van der Waals surface area contributed by atoms with Crippen molar-refractivity contribution in [3.8, 4) is 17.2 Å². The zero-order valence-corrected chi connectivity index (χ0v) is 21.4. The first-order chi connectivity index (χ1) is 18.3. The minimum atomic E-state index is -4.61. The van der Waals surface area contributed by atoms with Gasteiger partial charge >= 0.3 is 6.18 Å². The average Bonchev–Trinajstić information content (AvgIpc) is 3.17. The summed E-state index contributed by atoms with van der Waals surface area (Å²) in [6.07, 6.45) is 2.95. The molecule has 1 aromatic carbocycles. The lowest BCUT2D eigenvalue weighted by atomic mass is 10.1. The van der Waals surface area contributed by atoms with Crippen molar-refractivity contribution in [3.63, 3.8) is 0 Å². The van der Waals surface area contributed by atoms with Gasteiger partial charge in [0.05, 0.1) is 13.7 Å². The van der Waals surface area contributed by atoms with Crippen molar-refractivity contribution >= 4 is 16.8 Å². The molecule has 1 amide bonds. The minimum absolute atomic E-state index is 0.0230. The van der Waals surface area contributed by atoms with Crippen LogP contribution in [0.3, 0.4) is 0 Å². The Balaban J connectivity index is 1.40. The summed E-state index contributed by atoms with van der Waals surface area (Å²) in [7, 11) is 1.36. The zero-order chi connectivity index (χ0) is 26.9. The Labute approximate surface area is 218 Å². The van der Waals surface area contributed by atoms with Crippen LogP contribution < -0.4 is 10.5 Å². The molecule has 1 aliphatic carbocycles. The number of hydrogen-bond acceptors (Lipinski definition) is 7. The molecule has 1 saturated carbocycles. The van der Waals surface area contributed by atoms with E-state index in [1.54, 1.807) is 11.0 Å².